The Balaban J connectivity index is 0.000000143. The van der Waals surface area contributed by atoms with Gasteiger partial charge in [-0.05, 0) is 22.9 Å². The fourth-order valence-electron chi connectivity index (χ4n) is 5.94. The van der Waals surface area contributed by atoms with Gasteiger partial charge < -0.3 is 4.98 Å². The summed E-state index contributed by atoms with van der Waals surface area (Å²) in [5.41, 5.74) is 5.46. The van der Waals surface area contributed by atoms with Crippen molar-refractivity contribution in [1.29, 1.82) is 0 Å². The molecule has 7 aromatic rings. The van der Waals surface area contributed by atoms with Gasteiger partial charge in [0.2, 0.25) is 0 Å². The predicted octanol–water partition coefficient (Wildman–Crippen LogP) is 7.69. The van der Waals surface area contributed by atoms with Crippen LogP contribution in [0.15, 0.2) is 122 Å². The molecule has 0 atom stereocenters. The number of pyridine rings is 2. The van der Waals surface area contributed by atoms with E-state index in [-0.39, 0.29) is 20.1 Å². The molecule has 0 fully saturated rings. The monoisotopic (exact) mass is 753 g/mol. The maximum absolute atomic E-state index is 4.66. The number of benzene rings is 5. The van der Waals surface area contributed by atoms with E-state index < -0.39 is 13.3 Å². The molecule has 0 spiro atoms. The second kappa shape index (κ2) is 10.7. The molecule has 195 valence electrons. The summed E-state index contributed by atoms with van der Waals surface area (Å²) in [5.74, 6) is 5.00. The Morgan fingerprint density at radius 3 is 2.23 bits per heavy atom. The van der Waals surface area contributed by atoms with E-state index in [0.717, 1.165) is 16.8 Å². The Bertz CT molecular complexity index is 1850. The fraction of sp³-hybridized carbons (Fsp3) is 0.0556. The number of hydrogen-bond acceptors (Lipinski definition) is 2. The molecule has 1 aliphatic rings. The molecule has 0 saturated carbocycles. The average molecular weight is 751 g/mol. The van der Waals surface area contributed by atoms with Gasteiger partial charge in [0.05, 0.1) is 0 Å². The van der Waals surface area contributed by atoms with Crippen molar-refractivity contribution in [2.75, 3.05) is 0 Å². The first-order chi connectivity index (χ1) is 19.1. The molecule has 1 aliphatic heterocycles. The first-order valence-electron chi connectivity index (χ1n) is 13.3. The molecule has 0 unspecified atom stereocenters. The number of fused-ring (bicyclic) bond motifs is 3. The average Bonchev–Trinajstić information content (AvgIpc) is 3.25. The minimum Gasteiger partial charge on any atom is -0.305 e. The van der Waals surface area contributed by atoms with Crippen LogP contribution >= 0.6 is 0 Å². The topological polar surface area (TPSA) is 25.8 Å². The van der Waals surface area contributed by atoms with Crippen molar-refractivity contribution in [3.8, 4) is 22.4 Å². The van der Waals surface area contributed by atoms with Gasteiger partial charge in [0.1, 0.15) is 0 Å². The molecule has 0 N–H and O–H groups in total. The molecule has 5 aromatic carbocycles. The smallest absolute Gasteiger partial charge is 0.0166 e. The van der Waals surface area contributed by atoms with Gasteiger partial charge in [0.15, 0.2) is 0 Å². The molecule has 2 nitrogen and oxygen atoms in total. The van der Waals surface area contributed by atoms with Gasteiger partial charge in [-0.25, -0.2) is 0 Å². The minimum absolute atomic E-state index is 0. The molecular weight excluding hydrogens is 725 g/mol. The number of nitrogens with zero attached hydrogens (tertiary/aromatic N) is 2. The molecule has 40 heavy (non-hydrogen) atoms. The minimum atomic E-state index is -2.16. The summed E-state index contributed by atoms with van der Waals surface area (Å²) in [6, 6.07) is 44.5. The van der Waals surface area contributed by atoms with Crippen molar-refractivity contribution in [3.05, 3.63) is 134 Å². The summed E-state index contributed by atoms with van der Waals surface area (Å²) in [6.45, 7) is 0. The van der Waals surface area contributed by atoms with Gasteiger partial charge in [-0.2, -0.15) is 0 Å². The Morgan fingerprint density at radius 1 is 0.600 bits per heavy atom. The molecule has 8 rings (SSSR count). The van der Waals surface area contributed by atoms with Gasteiger partial charge in [-0.3, -0.25) is 0 Å². The fourth-order valence-corrected chi connectivity index (χ4v) is 12.4. The van der Waals surface area contributed by atoms with Crippen LogP contribution in [0.1, 0.15) is 0 Å². The van der Waals surface area contributed by atoms with Crippen molar-refractivity contribution in [3.63, 3.8) is 0 Å². The van der Waals surface area contributed by atoms with Crippen molar-refractivity contribution in [1.82, 2.24) is 9.97 Å². The standard InChI is InChI=1S/C19H14GeN.C17H12N.Ir/c1-20(2)15-9-3-6-12-13-8-5-11-21-19(13)14-7-4-10-16(20)18(14)17(12)15;1-3-7-14(8-4-1)16-11-12-18-17(13-16)15-9-5-2-6-10-15;/h3-6,8-11H,1-2H3;1-9,11-13H;/q2*-1;. The second-order valence-corrected chi connectivity index (χ2v) is 19.5. The van der Waals surface area contributed by atoms with Gasteiger partial charge in [-0.1, -0.05) is 36.4 Å². The van der Waals surface area contributed by atoms with Crippen LogP contribution in [0.5, 0.6) is 0 Å². The Hall–Kier alpha value is -3.63. The second-order valence-electron chi connectivity index (χ2n) is 10.5. The summed E-state index contributed by atoms with van der Waals surface area (Å²) in [7, 11) is 0. The van der Waals surface area contributed by atoms with E-state index in [1.165, 1.54) is 38.1 Å². The van der Waals surface area contributed by atoms with Crippen LogP contribution in [0.4, 0.5) is 0 Å². The molecule has 1 radical (unpaired) electrons. The van der Waals surface area contributed by atoms with E-state index in [9.17, 15) is 0 Å². The van der Waals surface area contributed by atoms with Gasteiger partial charge in [0, 0.05) is 26.3 Å². The first-order valence-corrected chi connectivity index (χ1v) is 19.6. The molecular formula is C36H26GeIrN2-2. The zero-order chi connectivity index (χ0) is 26.4. The van der Waals surface area contributed by atoms with E-state index in [1.54, 1.807) is 8.79 Å². The van der Waals surface area contributed by atoms with Crippen molar-refractivity contribution in [2.45, 2.75) is 11.5 Å². The quantitative estimate of drug-likeness (QED) is 0.103. The zero-order valence-corrected chi connectivity index (χ0v) is 26.8. The van der Waals surface area contributed by atoms with Crippen LogP contribution in [-0.2, 0) is 20.1 Å². The summed E-state index contributed by atoms with van der Waals surface area (Å²) in [4.78, 5) is 9.06. The largest absolute Gasteiger partial charge is 0.305 e. The molecule has 0 aliphatic carbocycles. The van der Waals surface area contributed by atoms with Gasteiger partial charge in [-0.15, -0.1) is 35.9 Å². The van der Waals surface area contributed by atoms with Crippen molar-refractivity contribution >= 4 is 54.5 Å². The summed E-state index contributed by atoms with van der Waals surface area (Å²) >= 11 is -2.16. The zero-order valence-electron chi connectivity index (χ0n) is 22.3. The third-order valence-electron chi connectivity index (χ3n) is 7.84. The molecule has 3 heterocycles. The van der Waals surface area contributed by atoms with Crippen LogP contribution < -0.4 is 8.79 Å². The van der Waals surface area contributed by atoms with Crippen molar-refractivity contribution < 1.29 is 20.1 Å². The van der Waals surface area contributed by atoms with E-state index in [4.69, 9.17) is 0 Å². The van der Waals surface area contributed by atoms with Crippen LogP contribution in [0, 0.1) is 12.1 Å². The van der Waals surface area contributed by atoms with Crippen LogP contribution in [-0.4, -0.2) is 23.2 Å². The van der Waals surface area contributed by atoms with Gasteiger partial charge >= 0.3 is 126 Å². The Kier molecular flexibility index (Phi) is 7.14. The molecule has 0 amide bonds. The number of hydrogen-bond donors (Lipinski definition) is 0. The van der Waals surface area contributed by atoms with Gasteiger partial charge in [0.25, 0.3) is 0 Å². The first kappa shape index (κ1) is 26.6. The molecule has 0 saturated heterocycles. The van der Waals surface area contributed by atoms with Crippen LogP contribution in [0.3, 0.4) is 0 Å². The molecule has 2 aromatic heterocycles. The maximum atomic E-state index is 4.66. The molecule has 4 heteroatoms. The van der Waals surface area contributed by atoms with E-state index in [2.05, 4.69) is 88.2 Å². The van der Waals surface area contributed by atoms with Crippen LogP contribution in [0.25, 0.3) is 54.8 Å². The molecule has 0 bridgehead atoms. The normalized spacial score (nSPS) is 12.8. The predicted molar refractivity (Wildman–Crippen MR) is 166 cm³/mol. The number of rotatable bonds is 2. The van der Waals surface area contributed by atoms with E-state index in [0.29, 0.717) is 0 Å². The summed E-state index contributed by atoms with van der Waals surface area (Å²) < 4.78 is 3.19. The third-order valence-corrected chi connectivity index (χ3v) is 15.2. The van der Waals surface area contributed by atoms with Crippen molar-refractivity contribution in [2.24, 2.45) is 0 Å². The van der Waals surface area contributed by atoms with E-state index in [1.807, 2.05) is 67.0 Å². The van der Waals surface area contributed by atoms with Crippen LogP contribution in [0.2, 0.25) is 11.5 Å². The van der Waals surface area contributed by atoms with E-state index >= 15 is 0 Å². The summed E-state index contributed by atoms with van der Waals surface area (Å²) in [6.07, 6.45) is 3.74. The third kappa shape index (κ3) is 4.39. The number of aromatic nitrogens is 2. The maximum Gasteiger partial charge on any atom is 0.0166 e. The Labute approximate surface area is 250 Å². The SMILES string of the molecule is [CH3][Ge]1([CH3])[c]2cc[c-]c3c4ncccc4c4ccc[c]1c4c23.[Ir].[c-]1ccccc1-c1cc(-c2ccccc2)ccn1. The summed E-state index contributed by atoms with van der Waals surface area (Å²) in [5, 5.41) is 6.74. The Morgan fingerprint density at radius 2 is 1.40 bits per heavy atom.